The molecule has 1 aromatic rings. The van der Waals surface area contributed by atoms with E-state index in [2.05, 4.69) is 42.9 Å². The lowest BCUT2D eigenvalue weighted by Gasteiger charge is -2.20. The number of nitrogens with one attached hydrogen (secondary N) is 1. The molecule has 1 unspecified atom stereocenters. The van der Waals surface area contributed by atoms with Crippen LogP contribution in [0.5, 0.6) is 0 Å². The molecule has 2 rings (SSSR count). The summed E-state index contributed by atoms with van der Waals surface area (Å²) in [5.74, 6) is 0.675. The molecule has 4 nitrogen and oxygen atoms in total. The van der Waals surface area contributed by atoms with Crippen LogP contribution in [-0.4, -0.2) is 16.9 Å². The van der Waals surface area contributed by atoms with Gasteiger partial charge in [0, 0.05) is 12.6 Å². The molecule has 1 atom stereocenters. The van der Waals surface area contributed by atoms with E-state index in [4.69, 9.17) is 0 Å². The molecule has 1 amide bonds. The molecule has 0 spiro atoms. The van der Waals surface area contributed by atoms with Crippen molar-refractivity contribution in [2.75, 3.05) is 5.32 Å². The van der Waals surface area contributed by atoms with Crippen LogP contribution in [-0.2, 0) is 16.6 Å². The molecule has 0 aliphatic carbocycles. The Labute approximate surface area is 102 Å². The molecule has 1 aliphatic heterocycles. The lowest BCUT2D eigenvalue weighted by Crippen LogP contribution is -2.66. The van der Waals surface area contributed by atoms with E-state index in [0.29, 0.717) is 5.82 Å². The average Bonchev–Trinajstić information content (AvgIpc) is 2.38. The lowest BCUT2D eigenvalue weighted by atomic mass is 9.87. The third kappa shape index (κ3) is 2.47. The van der Waals surface area contributed by atoms with Crippen LogP contribution in [0, 0.1) is 0 Å². The number of hydrogen-bond acceptors (Lipinski definition) is 2. The van der Waals surface area contributed by atoms with E-state index in [1.54, 1.807) is 0 Å². The van der Waals surface area contributed by atoms with Crippen LogP contribution in [0.25, 0.3) is 0 Å². The molecule has 4 heteroatoms. The van der Waals surface area contributed by atoms with Crippen molar-refractivity contribution in [2.24, 2.45) is 0 Å². The Bertz CT molecular complexity index is 448. The van der Waals surface area contributed by atoms with Gasteiger partial charge in [0.05, 0.1) is 0 Å². The zero-order chi connectivity index (χ0) is 12.6. The van der Waals surface area contributed by atoms with Crippen LogP contribution in [0.3, 0.4) is 0 Å². The Kier molecular flexibility index (Phi) is 2.91. The number of anilines is 1. The number of nitrogens with zero attached hydrogens (tertiary/aromatic N) is 1. The second kappa shape index (κ2) is 4.11. The largest absolute Gasteiger partial charge is 0.347 e. The highest BCUT2D eigenvalue weighted by Gasteiger charge is 2.25. The molecule has 0 aromatic carbocycles. The average molecular weight is 234 g/mol. The molecule has 0 saturated carbocycles. The van der Waals surface area contributed by atoms with E-state index in [9.17, 15) is 4.79 Å². The molecule has 1 aromatic heterocycles. The standard InChI is InChI=1S/C13H19N3O/c1-13(2,3)9-6-8-4-5-10(14)12(17)16-11(8)15-7-9/h6-7,10H,4-5,14H2,1-3H3,(H,15,16,17)/p+1. The summed E-state index contributed by atoms with van der Waals surface area (Å²) >= 11 is 0. The third-order valence-electron chi connectivity index (χ3n) is 3.21. The van der Waals surface area contributed by atoms with E-state index in [0.717, 1.165) is 18.4 Å². The van der Waals surface area contributed by atoms with E-state index in [1.807, 2.05) is 6.20 Å². The van der Waals surface area contributed by atoms with E-state index in [1.165, 1.54) is 5.56 Å². The second-order valence-corrected chi connectivity index (χ2v) is 5.71. The number of quaternary nitrogens is 1. The Morgan fingerprint density at radius 1 is 1.47 bits per heavy atom. The van der Waals surface area contributed by atoms with Crippen molar-refractivity contribution in [3.63, 3.8) is 0 Å². The first-order chi connectivity index (χ1) is 7.88. The molecule has 17 heavy (non-hydrogen) atoms. The predicted octanol–water partition coefficient (Wildman–Crippen LogP) is 0.874. The van der Waals surface area contributed by atoms with Crippen molar-refractivity contribution in [2.45, 2.75) is 45.1 Å². The van der Waals surface area contributed by atoms with E-state index >= 15 is 0 Å². The van der Waals surface area contributed by atoms with Crippen molar-refractivity contribution >= 4 is 11.7 Å². The topological polar surface area (TPSA) is 69.6 Å². The monoisotopic (exact) mass is 234 g/mol. The zero-order valence-electron chi connectivity index (χ0n) is 10.7. The quantitative estimate of drug-likeness (QED) is 0.699. The Balaban J connectivity index is 2.38. The summed E-state index contributed by atoms with van der Waals surface area (Å²) in [6, 6.07) is 1.97. The minimum absolute atomic E-state index is 0.0280. The highest BCUT2D eigenvalue weighted by molar-refractivity contribution is 5.94. The van der Waals surface area contributed by atoms with Crippen LogP contribution in [0.4, 0.5) is 5.82 Å². The molecule has 0 bridgehead atoms. The maximum atomic E-state index is 11.6. The van der Waals surface area contributed by atoms with Crippen LogP contribution in [0.15, 0.2) is 12.3 Å². The van der Waals surface area contributed by atoms with Crippen molar-refractivity contribution in [1.82, 2.24) is 4.98 Å². The van der Waals surface area contributed by atoms with Gasteiger partial charge in [0.25, 0.3) is 5.91 Å². The zero-order valence-corrected chi connectivity index (χ0v) is 10.7. The molecule has 0 radical (unpaired) electrons. The number of aryl methyl sites for hydroxylation is 1. The molecular weight excluding hydrogens is 214 g/mol. The summed E-state index contributed by atoms with van der Waals surface area (Å²) in [5.41, 5.74) is 6.26. The summed E-state index contributed by atoms with van der Waals surface area (Å²) in [6.07, 6.45) is 3.50. The van der Waals surface area contributed by atoms with E-state index < -0.39 is 0 Å². The fourth-order valence-electron chi connectivity index (χ4n) is 1.90. The number of pyridine rings is 1. The molecule has 2 heterocycles. The smallest absolute Gasteiger partial charge is 0.283 e. The summed E-state index contributed by atoms with van der Waals surface area (Å²) in [5, 5.41) is 2.84. The number of rotatable bonds is 0. The van der Waals surface area contributed by atoms with Gasteiger partial charge >= 0.3 is 0 Å². The van der Waals surface area contributed by atoms with Crippen molar-refractivity contribution < 1.29 is 10.5 Å². The Hall–Kier alpha value is -1.42. The number of aromatic nitrogens is 1. The number of hydrogen-bond donors (Lipinski definition) is 2. The first-order valence-electron chi connectivity index (χ1n) is 6.01. The fraction of sp³-hybridized carbons (Fsp3) is 0.538. The molecule has 4 N–H and O–H groups in total. The first kappa shape index (κ1) is 12.0. The van der Waals surface area contributed by atoms with Gasteiger partial charge in [-0.1, -0.05) is 26.8 Å². The van der Waals surface area contributed by atoms with E-state index in [-0.39, 0.29) is 17.4 Å². The normalized spacial score (nSPS) is 20.5. The van der Waals surface area contributed by atoms with Crippen molar-refractivity contribution in [3.8, 4) is 0 Å². The van der Waals surface area contributed by atoms with Gasteiger partial charge in [-0.25, -0.2) is 4.98 Å². The van der Waals surface area contributed by atoms with Crippen molar-refractivity contribution in [3.05, 3.63) is 23.4 Å². The minimum atomic E-state index is -0.178. The maximum absolute atomic E-state index is 11.6. The maximum Gasteiger partial charge on any atom is 0.283 e. The SMILES string of the molecule is CC(C)(C)c1cnc2c(c1)CCC([NH3+])C(=O)N2. The first-order valence-corrected chi connectivity index (χ1v) is 6.01. The van der Waals surface area contributed by atoms with Gasteiger partial charge in [-0.2, -0.15) is 0 Å². The number of fused-ring (bicyclic) bond motifs is 1. The Morgan fingerprint density at radius 2 is 2.18 bits per heavy atom. The summed E-state index contributed by atoms with van der Waals surface area (Å²) in [4.78, 5) is 16.0. The van der Waals surface area contributed by atoms with Gasteiger partial charge in [-0.15, -0.1) is 0 Å². The molecule has 0 saturated heterocycles. The van der Waals surface area contributed by atoms with Crippen molar-refractivity contribution in [1.29, 1.82) is 0 Å². The summed E-state index contributed by atoms with van der Waals surface area (Å²) in [6.45, 7) is 6.49. The third-order valence-corrected chi connectivity index (χ3v) is 3.21. The van der Waals surface area contributed by atoms with Gasteiger partial charge in [0.15, 0.2) is 6.04 Å². The lowest BCUT2D eigenvalue weighted by molar-refractivity contribution is -0.403. The van der Waals surface area contributed by atoms with Crippen LogP contribution in [0.2, 0.25) is 0 Å². The van der Waals surface area contributed by atoms with Crippen LogP contribution >= 0.6 is 0 Å². The predicted molar refractivity (Wildman–Crippen MR) is 66.6 cm³/mol. The number of carbonyl (C=O) groups excluding carboxylic acids is 1. The summed E-state index contributed by atoms with van der Waals surface area (Å²) in [7, 11) is 0. The van der Waals surface area contributed by atoms with Gasteiger partial charge in [0.2, 0.25) is 0 Å². The van der Waals surface area contributed by atoms with Gasteiger partial charge < -0.3 is 11.1 Å². The van der Waals surface area contributed by atoms with Crippen LogP contribution in [0.1, 0.15) is 38.3 Å². The molecule has 1 aliphatic rings. The Morgan fingerprint density at radius 3 is 2.82 bits per heavy atom. The summed E-state index contributed by atoms with van der Waals surface area (Å²) < 4.78 is 0. The van der Waals surface area contributed by atoms with Crippen LogP contribution < -0.4 is 11.1 Å². The highest BCUT2D eigenvalue weighted by Crippen LogP contribution is 2.26. The minimum Gasteiger partial charge on any atom is -0.347 e. The van der Waals surface area contributed by atoms with Gasteiger partial charge in [-0.3, -0.25) is 4.79 Å². The number of amides is 1. The molecule has 0 fully saturated rings. The highest BCUT2D eigenvalue weighted by atomic mass is 16.2. The molecular formula is C13H20N3O+. The fourth-order valence-corrected chi connectivity index (χ4v) is 1.90. The van der Waals surface area contributed by atoms with Gasteiger partial charge in [0.1, 0.15) is 5.82 Å². The number of carbonyl (C=O) groups is 1. The second-order valence-electron chi connectivity index (χ2n) is 5.71. The molecule has 92 valence electrons. The van der Waals surface area contributed by atoms with Gasteiger partial charge in [-0.05, 0) is 23.0 Å².